The molecule has 0 spiro atoms. The number of piperidine rings is 1. The molecule has 1 fully saturated rings. The van der Waals surface area contributed by atoms with Crippen molar-refractivity contribution in [2.75, 3.05) is 13.1 Å². The van der Waals surface area contributed by atoms with Gasteiger partial charge in [0.05, 0.1) is 29.6 Å². The fraction of sp³-hybridized carbons (Fsp3) is 0.385. The molecule has 4 rings (SSSR count). The first kappa shape index (κ1) is 28.0. The number of fused-ring (bicyclic) bond motifs is 1. The lowest BCUT2D eigenvalue weighted by Crippen LogP contribution is -2.59. The summed E-state index contributed by atoms with van der Waals surface area (Å²) in [4.78, 5) is 43.6. The molecule has 3 heterocycles. The molecular weight excluding hydrogens is 525 g/mol. The van der Waals surface area contributed by atoms with Crippen LogP contribution in [0.25, 0.3) is 5.52 Å². The van der Waals surface area contributed by atoms with E-state index in [-0.39, 0.29) is 25.1 Å². The van der Waals surface area contributed by atoms with Crippen molar-refractivity contribution in [3.63, 3.8) is 0 Å². The molecule has 8 nitrogen and oxygen atoms in total. The zero-order valence-corrected chi connectivity index (χ0v) is 21.0. The van der Waals surface area contributed by atoms with Crippen molar-refractivity contribution in [2.24, 2.45) is 5.92 Å². The van der Waals surface area contributed by atoms with E-state index in [1.165, 1.54) is 31.3 Å². The Morgan fingerprint density at radius 1 is 1.13 bits per heavy atom. The predicted molar refractivity (Wildman–Crippen MR) is 130 cm³/mol. The summed E-state index contributed by atoms with van der Waals surface area (Å²) in [5, 5.41) is 4.30. The fourth-order valence-electron chi connectivity index (χ4n) is 4.78. The van der Waals surface area contributed by atoms with Crippen molar-refractivity contribution >= 4 is 23.2 Å². The highest BCUT2D eigenvalue weighted by Crippen LogP contribution is 2.32. The van der Waals surface area contributed by atoms with Gasteiger partial charge in [-0.3, -0.25) is 14.4 Å². The quantitative estimate of drug-likeness (QED) is 0.459. The predicted octanol–water partition coefficient (Wildman–Crippen LogP) is 3.43. The molecule has 2 N–H and O–H groups in total. The van der Waals surface area contributed by atoms with Crippen LogP contribution in [0.4, 0.5) is 22.0 Å². The van der Waals surface area contributed by atoms with E-state index in [0.29, 0.717) is 11.1 Å². The Balaban J connectivity index is 1.63. The van der Waals surface area contributed by atoms with Crippen LogP contribution in [0.5, 0.6) is 0 Å². The summed E-state index contributed by atoms with van der Waals surface area (Å²) in [6, 6.07) is 3.58. The minimum atomic E-state index is -5.20. The van der Waals surface area contributed by atoms with Crippen LogP contribution in [0.15, 0.2) is 49.1 Å². The van der Waals surface area contributed by atoms with E-state index in [1.807, 2.05) is 0 Å². The smallest absolute Gasteiger partial charge is 0.349 e. The van der Waals surface area contributed by atoms with Gasteiger partial charge >= 0.3 is 12.1 Å². The number of hydrogen-bond acceptors (Lipinski definition) is 4. The molecule has 1 saturated heterocycles. The first-order valence-corrected chi connectivity index (χ1v) is 12.2. The largest absolute Gasteiger partial charge is 0.471 e. The van der Waals surface area contributed by atoms with Crippen LogP contribution in [-0.4, -0.2) is 63.4 Å². The zero-order chi connectivity index (χ0) is 28.5. The molecule has 3 amide bonds. The van der Waals surface area contributed by atoms with Gasteiger partial charge in [0.15, 0.2) is 0 Å². The Kier molecular flexibility index (Phi) is 7.89. The number of carbonyl (C=O) groups is 3. The van der Waals surface area contributed by atoms with Crippen LogP contribution in [0.1, 0.15) is 42.1 Å². The van der Waals surface area contributed by atoms with Crippen molar-refractivity contribution in [2.45, 2.75) is 44.4 Å². The summed E-state index contributed by atoms with van der Waals surface area (Å²) in [6.45, 7) is 2.90. The molecule has 0 radical (unpaired) electrons. The molecule has 3 atom stereocenters. The van der Waals surface area contributed by atoms with Crippen molar-refractivity contribution in [1.29, 1.82) is 0 Å². The monoisotopic (exact) mass is 551 g/mol. The van der Waals surface area contributed by atoms with Gasteiger partial charge in [-0.15, -0.1) is 0 Å². The second-order valence-electron chi connectivity index (χ2n) is 9.73. The number of rotatable bonds is 6. The maximum Gasteiger partial charge on any atom is 0.471 e. The second-order valence-corrected chi connectivity index (χ2v) is 9.73. The third-order valence-electron chi connectivity index (χ3n) is 6.76. The number of alkyl halides is 3. The molecular formula is C26H26F5N5O3. The average molecular weight is 552 g/mol. The van der Waals surface area contributed by atoms with Gasteiger partial charge in [-0.05, 0) is 48.2 Å². The average Bonchev–Trinajstić information content (AvgIpc) is 3.36. The first-order valence-electron chi connectivity index (χ1n) is 12.2. The van der Waals surface area contributed by atoms with Crippen molar-refractivity contribution < 1.29 is 36.3 Å². The maximum atomic E-state index is 14.8. The van der Waals surface area contributed by atoms with E-state index in [9.17, 15) is 36.3 Å². The molecule has 1 aliphatic rings. The molecule has 13 heteroatoms. The van der Waals surface area contributed by atoms with E-state index < -0.39 is 59.5 Å². The Morgan fingerprint density at radius 2 is 1.87 bits per heavy atom. The Morgan fingerprint density at radius 3 is 2.56 bits per heavy atom. The number of imidazole rings is 1. The molecule has 2 aromatic heterocycles. The summed E-state index contributed by atoms with van der Waals surface area (Å²) >= 11 is 0. The lowest BCUT2D eigenvalue weighted by Gasteiger charge is -2.40. The van der Waals surface area contributed by atoms with E-state index >= 15 is 0 Å². The number of benzene rings is 1. The molecule has 3 aromatic rings. The van der Waals surface area contributed by atoms with Crippen LogP contribution in [0.3, 0.4) is 0 Å². The molecule has 1 aliphatic heterocycles. The fourth-order valence-corrected chi connectivity index (χ4v) is 4.78. The number of aromatic nitrogens is 2. The van der Waals surface area contributed by atoms with Crippen LogP contribution >= 0.6 is 0 Å². The Labute approximate surface area is 220 Å². The summed E-state index contributed by atoms with van der Waals surface area (Å²) in [6.07, 6.45) is -0.334. The molecule has 0 aliphatic carbocycles. The summed E-state index contributed by atoms with van der Waals surface area (Å²) < 4.78 is 69.1. The topological polar surface area (TPSA) is 95.8 Å². The molecule has 1 aromatic carbocycles. The van der Waals surface area contributed by atoms with E-state index in [4.69, 9.17) is 0 Å². The maximum absolute atomic E-state index is 14.8. The molecule has 39 heavy (non-hydrogen) atoms. The summed E-state index contributed by atoms with van der Waals surface area (Å²) in [5.74, 6) is -6.59. The van der Waals surface area contributed by atoms with Crippen molar-refractivity contribution in [3.8, 4) is 0 Å². The van der Waals surface area contributed by atoms with Gasteiger partial charge in [0.25, 0.3) is 5.91 Å². The van der Waals surface area contributed by atoms with Gasteiger partial charge in [0.2, 0.25) is 5.91 Å². The number of hydrogen-bond donors (Lipinski definition) is 2. The third kappa shape index (κ3) is 6.02. The number of likely N-dealkylation sites (tertiary alicyclic amines) is 1. The van der Waals surface area contributed by atoms with Gasteiger partial charge < -0.3 is 19.9 Å². The molecule has 0 saturated carbocycles. The number of nitrogens with zero attached hydrogens (tertiary/aromatic N) is 3. The second kappa shape index (κ2) is 11.0. The lowest BCUT2D eigenvalue weighted by atomic mass is 9.84. The van der Waals surface area contributed by atoms with Crippen LogP contribution < -0.4 is 10.6 Å². The highest BCUT2D eigenvalue weighted by atomic mass is 19.4. The first-order chi connectivity index (χ1) is 18.4. The Hall–Kier alpha value is -4.03. The summed E-state index contributed by atoms with van der Waals surface area (Å²) in [7, 11) is 0. The van der Waals surface area contributed by atoms with Crippen molar-refractivity contribution in [1.82, 2.24) is 24.9 Å². The van der Waals surface area contributed by atoms with Gasteiger partial charge in [-0.1, -0.05) is 13.8 Å². The van der Waals surface area contributed by atoms with Gasteiger partial charge in [-0.25, -0.2) is 13.8 Å². The van der Waals surface area contributed by atoms with Gasteiger partial charge in [0.1, 0.15) is 17.7 Å². The standard InChI is InChI=1S/C26H26F5N5O3/c1-14(2)22(34-25(39)26(29,30)31)23(37)33-20-12-35(9-7-16(20)18-10-15(27)5-6-19(18)28)24(38)17-4-3-8-36-13-32-11-21(17)36/h3-6,8,10-11,13-14,16,20,22H,7,9,12H2,1-2H3,(H,33,37)(H,34,39)/t16-,20+,22+/m0/s1. The number of nitrogens with one attached hydrogen (secondary N) is 2. The van der Waals surface area contributed by atoms with Crippen LogP contribution in [0.2, 0.25) is 0 Å². The van der Waals surface area contributed by atoms with Gasteiger partial charge in [0, 0.05) is 25.2 Å². The van der Waals surface area contributed by atoms with Crippen LogP contribution in [-0.2, 0) is 9.59 Å². The highest BCUT2D eigenvalue weighted by Gasteiger charge is 2.42. The SMILES string of the molecule is CC(C)[C@@H](NC(=O)C(F)(F)F)C(=O)N[C@@H]1CN(C(=O)c2cccn3cncc23)CC[C@H]1c1cc(F)ccc1F. The normalized spacial score (nSPS) is 18.7. The number of carbonyl (C=O) groups excluding carboxylic acids is 3. The number of amides is 3. The van der Waals surface area contributed by atoms with E-state index in [2.05, 4.69) is 10.3 Å². The molecule has 0 bridgehead atoms. The lowest BCUT2D eigenvalue weighted by molar-refractivity contribution is -0.175. The minimum absolute atomic E-state index is 0.0364. The number of pyridine rings is 1. The van der Waals surface area contributed by atoms with Gasteiger partial charge in [-0.2, -0.15) is 13.2 Å². The van der Waals surface area contributed by atoms with E-state index in [0.717, 1.165) is 18.2 Å². The third-order valence-corrected chi connectivity index (χ3v) is 6.76. The minimum Gasteiger partial charge on any atom is -0.349 e. The number of halogens is 5. The molecule has 0 unspecified atom stereocenters. The highest BCUT2D eigenvalue weighted by molar-refractivity contribution is 6.00. The van der Waals surface area contributed by atoms with E-state index in [1.54, 1.807) is 28.0 Å². The zero-order valence-electron chi connectivity index (χ0n) is 21.0. The Bertz CT molecular complexity index is 1390. The molecule has 208 valence electrons. The van der Waals surface area contributed by atoms with Crippen LogP contribution in [0, 0.1) is 17.6 Å². The van der Waals surface area contributed by atoms with Crippen molar-refractivity contribution in [3.05, 3.63) is 71.8 Å². The summed E-state index contributed by atoms with van der Waals surface area (Å²) in [5.41, 5.74) is 0.829.